The number of benzene rings is 4. The van der Waals surface area contributed by atoms with Crippen molar-refractivity contribution in [2.75, 3.05) is 39.2 Å². The lowest BCUT2D eigenvalue weighted by molar-refractivity contribution is -0.136. The Labute approximate surface area is 378 Å². The predicted octanol–water partition coefficient (Wildman–Crippen LogP) is 7.49. The van der Waals surface area contributed by atoms with Gasteiger partial charge in [0.05, 0.1) is 44.5 Å². The van der Waals surface area contributed by atoms with Gasteiger partial charge < -0.3 is 44.6 Å². The first-order valence-electron chi connectivity index (χ1n) is 20.5. The fourth-order valence-electron chi connectivity index (χ4n) is 6.78. The minimum Gasteiger partial charge on any atom is -0.453 e. The molecule has 0 radical (unpaired) electrons. The van der Waals surface area contributed by atoms with Crippen molar-refractivity contribution < 1.29 is 37.9 Å². The summed E-state index contributed by atoms with van der Waals surface area (Å²) in [5, 5.41) is 8.13. The van der Waals surface area contributed by atoms with Crippen LogP contribution in [0.5, 0.6) is 0 Å². The number of hydrogen-bond acceptors (Lipinski definition) is 10. The van der Waals surface area contributed by atoms with Crippen LogP contribution < -0.4 is 16.0 Å². The van der Waals surface area contributed by atoms with E-state index in [9.17, 15) is 24.0 Å². The van der Waals surface area contributed by atoms with E-state index in [0.717, 1.165) is 0 Å². The van der Waals surface area contributed by atoms with Crippen molar-refractivity contribution in [3.63, 3.8) is 0 Å². The first-order chi connectivity index (χ1) is 31.6. The quantitative estimate of drug-likeness (QED) is 0.0665. The molecular weight excluding hydrogens is 829 g/mol. The van der Waals surface area contributed by atoms with Crippen LogP contribution in [0.2, 0.25) is 0 Å². The Balaban J connectivity index is 0.00000225. The number of ether oxygens (including phenoxy) is 2. The average molecular weight is 881 g/mol. The number of H-pyrrole nitrogens is 1. The van der Waals surface area contributed by atoms with Crippen LogP contribution in [0.4, 0.5) is 15.3 Å². The van der Waals surface area contributed by atoms with E-state index >= 15 is 0 Å². The van der Waals surface area contributed by atoms with Crippen molar-refractivity contribution in [1.29, 1.82) is 0 Å². The molecular formula is C49H52N8O8. The van der Waals surface area contributed by atoms with Crippen molar-refractivity contribution in [3.05, 3.63) is 126 Å². The SMILES string of the molecule is C#C.C#C.CCCN(CC(=O)Nc1cccc(-c2cnc(-c3ccc4nc(CN(CCC)C(=O)[C@H](NC(=O)OC)c5ccccc5)[nH]c4c3)o2)c1)C(=O)[C@H](NC(=O)OC)c1ccccc1. The summed E-state index contributed by atoms with van der Waals surface area (Å²) in [7, 11) is 2.47. The average Bonchev–Trinajstić information content (AvgIpc) is 4.01. The number of alkyl carbamates (subject to hydrolysis) is 2. The van der Waals surface area contributed by atoms with Crippen LogP contribution in [0.15, 0.2) is 114 Å². The number of terminal acetylenes is 2. The molecule has 336 valence electrons. The second-order valence-corrected chi connectivity index (χ2v) is 14.1. The number of aromatic nitrogens is 3. The number of fused-ring (bicyclic) bond motifs is 1. The zero-order valence-corrected chi connectivity index (χ0v) is 36.7. The molecule has 0 aliphatic heterocycles. The topological polar surface area (TPSA) is 201 Å². The van der Waals surface area contributed by atoms with Gasteiger partial charge in [0.2, 0.25) is 23.6 Å². The minimum absolute atomic E-state index is 0.173. The Bertz CT molecular complexity index is 2550. The van der Waals surface area contributed by atoms with Crippen molar-refractivity contribution >= 4 is 46.6 Å². The molecule has 0 spiro atoms. The molecule has 0 saturated heterocycles. The number of aromatic amines is 1. The summed E-state index contributed by atoms with van der Waals surface area (Å²) < 4.78 is 15.8. The number of imidazole rings is 1. The number of rotatable bonds is 17. The standard InChI is InChI=1S/C45H48N8O8.2C2H2/c1-5-22-52(42(55)39(50-44(57)59-3)29-14-9-7-10-15-29)27-37-48-34-21-20-32(25-35(34)49-37)41-46-26-36(61-41)31-18-13-19-33(24-31)47-38(54)28-53(23-6-2)43(56)40(51-45(58)60-4)30-16-11-8-12-17-30;2*1-2/h7-21,24-26,39-40H,5-6,22-23,27-28H2,1-4H3,(H,47,54)(H,48,49)(H,50,57)(H,51,58);2*1-2H/t39-,40-;;/m1../s1. The van der Waals surface area contributed by atoms with Crippen LogP contribution in [0, 0.1) is 25.7 Å². The van der Waals surface area contributed by atoms with Crippen LogP contribution in [-0.4, -0.2) is 88.5 Å². The van der Waals surface area contributed by atoms with E-state index in [1.54, 1.807) is 83.9 Å². The Hall–Kier alpha value is -8.37. The number of nitrogens with one attached hydrogen (secondary N) is 4. The number of hydrogen-bond donors (Lipinski definition) is 4. The molecule has 6 aromatic rings. The van der Waals surface area contributed by atoms with Crippen molar-refractivity contribution in [1.82, 2.24) is 35.4 Å². The molecule has 65 heavy (non-hydrogen) atoms. The van der Waals surface area contributed by atoms with Gasteiger partial charge in [-0.1, -0.05) is 86.6 Å². The number of nitrogens with zero attached hydrogens (tertiary/aromatic N) is 4. The van der Waals surface area contributed by atoms with E-state index in [2.05, 4.69) is 51.6 Å². The van der Waals surface area contributed by atoms with Gasteiger partial charge in [-0.3, -0.25) is 14.4 Å². The molecule has 0 saturated carbocycles. The molecule has 0 aliphatic carbocycles. The summed E-state index contributed by atoms with van der Waals surface area (Å²) in [4.78, 5) is 81.0. The van der Waals surface area contributed by atoms with Crippen LogP contribution in [-0.2, 0) is 30.4 Å². The first-order valence-corrected chi connectivity index (χ1v) is 20.5. The fourth-order valence-corrected chi connectivity index (χ4v) is 6.78. The number of amides is 5. The summed E-state index contributed by atoms with van der Waals surface area (Å²) in [5.41, 5.74) is 4.39. The first kappa shape index (κ1) is 49.3. The Kier molecular flexibility index (Phi) is 18.9. The number of carbonyl (C=O) groups excluding carboxylic acids is 5. The molecule has 0 bridgehead atoms. The highest BCUT2D eigenvalue weighted by atomic mass is 16.5. The van der Waals surface area contributed by atoms with E-state index in [0.29, 0.717) is 75.8 Å². The zero-order valence-electron chi connectivity index (χ0n) is 36.7. The molecule has 2 heterocycles. The number of oxazole rings is 1. The van der Waals surface area contributed by atoms with E-state index < -0.39 is 36.1 Å². The highest BCUT2D eigenvalue weighted by molar-refractivity contribution is 5.96. The summed E-state index contributed by atoms with van der Waals surface area (Å²) >= 11 is 0. The van der Waals surface area contributed by atoms with Gasteiger partial charge in [0, 0.05) is 29.9 Å². The maximum atomic E-state index is 13.9. The molecule has 6 rings (SSSR count). The predicted molar refractivity (Wildman–Crippen MR) is 247 cm³/mol. The van der Waals surface area contributed by atoms with Crippen LogP contribution in [0.3, 0.4) is 0 Å². The van der Waals surface area contributed by atoms with E-state index in [1.165, 1.54) is 19.1 Å². The number of methoxy groups -OCH3 is 2. The molecule has 5 amide bonds. The van der Waals surface area contributed by atoms with Crippen molar-refractivity contribution in [2.24, 2.45) is 0 Å². The lowest BCUT2D eigenvalue weighted by Crippen LogP contribution is -2.46. The van der Waals surface area contributed by atoms with Crippen LogP contribution >= 0.6 is 0 Å². The number of anilines is 1. The zero-order chi connectivity index (χ0) is 47.3. The van der Waals surface area contributed by atoms with E-state index in [1.807, 2.05) is 44.2 Å². The fraction of sp³-hybridized carbons (Fsp3) is 0.245. The molecule has 0 aliphatic rings. The highest BCUT2D eigenvalue weighted by Gasteiger charge is 2.30. The van der Waals surface area contributed by atoms with Gasteiger partial charge in [-0.05, 0) is 54.3 Å². The monoisotopic (exact) mass is 880 g/mol. The largest absolute Gasteiger partial charge is 0.453 e. The summed E-state index contributed by atoms with van der Waals surface area (Å²) in [5.74, 6) is 0.197. The molecule has 4 aromatic carbocycles. The minimum atomic E-state index is -1.05. The summed E-state index contributed by atoms with van der Waals surface area (Å²) in [6.07, 6.45) is 17.4. The van der Waals surface area contributed by atoms with Gasteiger partial charge in [0.25, 0.3) is 0 Å². The van der Waals surface area contributed by atoms with Crippen molar-refractivity contribution in [2.45, 2.75) is 45.3 Å². The van der Waals surface area contributed by atoms with Crippen LogP contribution in [0.25, 0.3) is 33.8 Å². The van der Waals surface area contributed by atoms with Gasteiger partial charge in [0.1, 0.15) is 17.9 Å². The molecule has 0 fully saturated rings. The summed E-state index contributed by atoms with van der Waals surface area (Å²) in [6.45, 7) is 4.50. The smallest absolute Gasteiger partial charge is 0.407 e. The maximum Gasteiger partial charge on any atom is 0.407 e. The Morgan fingerprint density at radius 2 is 1.28 bits per heavy atom. The molecule has 2 aromatic heterocycles. The third-order valence-electron chi connectivity index (χ3n) is 9.65. The summed E-state index contributed by atoms with van der Waals surface area (Å²) in [6, 6.07) is 28.4. The third-order valence-corrected chi connectivity index (χ3v) is 9.65. The Morgan fingerprint density at radius 3 is 1.85 bits per heavy atom. The van der Waals surface area contributed by atoms with Crippen LogP contribution in [0.1, 0.15) is 55.7 Å². The molecule has 2 atom stereocenters. The normalized spacial score (nSPS) is 11.2. The molecule has 0 unspecified atom stereocenters. The van der Waals surface area contributed by atoms with Gasteiger partial charge >= 0.3 is 12.2 Å². The van der Waals surface area contributed by atoms with Crippen molar-refractivity contribution in [3.8, 4) is 48.5 Å². The lowest BCUT2D eigenvalue weighted by atomic mass is 10.1. The Morgan fingerprint density at radius 1 is 0.708 bits per heavy atom. The third kappa shape index (κ3) is 13.3. The van der Waals surface area contributed by atoms with Gasteiger partial charge in [-0.2, -0.15) is 0 Å². The van der Waals surface area contributed by atoms with E-state index in [4.69, 9.17) is 18.9 Å². The highest BCUT2D eigenvalue weighted by Crippen LogP contribution is 2.30. The van der Waals surface area contributed by atoms with Gasteiger partial charge in [-0.15, -0.1) is 25.7 Å². The maximum absolute atomic E-state index is 13.9. The van der Waals surface area contributed by atoms with Gasteiger partial charge in [-0.25, -0.2) is 19.6 Å². The molecule has 4 N–H and O–H groups in total. The molecule has 16 nitrogen and oxygen atoms in total. The molecule has 16 heteroatoms. The number of carbonyl (C=O) groups is 5. The second kappa shape index (κ2) is 24.9. The second-order valence-electron chi connectivity index (χ2n) is 14.1. The van der Waals surface area contributed by atoms with E-state index in [-0.39, 0.29) is 25.5 Å². The lowest BCUT2D eigenvalue weighted by Gasteiger charge is -2.27. The van der Waals surface area contributed by atoms with Gasteiger partial charge in [0.15, 0.2) is 5.76 Å².